The monoisotopic (exact) mass is 396 g/mol. The van der Waals surface area contributed by atoms with Crippen LogP contribution in [0, 0.1) is 0 Å². The van der Waals surface area contributed by atoms with E-state index in [0.717, 1.165) is 11.3 Å². The van der Waals surface area contributed by atoms with Gasteiger partial charge in [0.05, 0.1) is 43.8 Å². The van der Waals surface area contributed by atoms with Crippen LogP contribution in [0.3, 0.4) is 0 Å². The molecule has 152 valence electrons. The predicted molar refractivity (Wildman–Crippen MR) is 109 cm³/mol. The fourth-order valence-electron chi connectivity index (χ4n) is 3.13. The highest BCUT2D eigenvalue weighted by Gasteiger charge is 2.19. The molecule has 3 aromatic rings. The third kappa shape index (κ3) is 4.25. The van der Waals surface area contributed by atoms with Crippen LogP contribution in [0.4, 0.5) is 0 Å². The summed E-state index contributed by atoms with van der Waals surface area (Å²) in [6.07, 6.45) is 0.0155. The van der Waals surface area contributed by atoms with E-state index in [0.29, 0.717) is 35.7 Å². The second-order valence-corrected chi connectivity index (χ2v) is 6.58. The largest absolute Gasteiger partial charge is 0.496 e. The van der Waals surface area contributed by atoms with Gasteiger partial charge in [-0.2, -0.15) is 5.10 Å². The van der Waals surface area contributed by atoms with Crippen LogP contribution >= 0.6 is 0 Å². The molecule has 1 aromatic heterocycles. The van der Waals surface area contributed by atoms with E-state index in [9.17, 15) is 15.0 Å². The first-order valence-electron chi connectivity index (χ1n) is 9.29. The highest BCUT2D eigenvalue weighted by Crippen LogP contribution is 2.36. The fourth-order valence-corrected chi connectivity index (χ4v) is 3.13. The number of para-hydroxylation sites is 1. The van der Waals surface area contributed by atoms with Gasteiger partial charge in [-0.15, -0.1) is 0 Å². The second-order valence-electron chi connectivity index (χ2n) is 6.58. The number of ether oxygens (including phenoxy) is 2. The second kappa shape index (κ2) is 8.79. The van der Waals surface area contributed by atoms with Crippen molar-refractivity contribution >= 4 is 5.97 Å². The van der Waals surface area contributed by atoms with Crippen molar-refractivity contribution in [3.8, 4) is 34.0 Å². The van der Waals surface area contributed by atoms with Crippen molar-refractivity contribution in [3.63, 3.8) is 0 Å². The average Bonchev–Trinajstić information content (AvgIpc) is 3.16. The molecule has 0 aliphatic heterocycles. The van der Waals surface area contributed by atoms with Crippen LogP contribution in [-0.2, 0) is 6.54 Å². The van der Waals surface area contributed by atoms with Crippen molar-refractivity contribution in [2.24, 2.45) is 0 Å². The number of carboxylic acid groups (broad SMARTS) is 1. The minimum absolute atomic E-state index is 0.141. The molecule has 0 saturated heterocycles. The van der Waals surface area contributed by atoms with Crippen molar-refractivity contribution in [1.29, 1.82) is 0 Å². The minimum atomic E-state index is -1.03. The van der Waals surface area contributed by atoms with Crippen molar-refractivity contribution in [2.45, 2.75) is 26.0 Å². The van der Waals surface area contributed by atoms with Crippen LogP contribution in [-0.4, -0.2) is 46.3 Å². The zero-order valence-electron chi connectivity index (χ0n) is 16.6. The molecule has 29 heavy (non-hydrogen) atoms. The van der Waals surface area contributed by atoms with Gasteiger partial charge in [0.2, 0.25) is 0 Å². The lowest BCUT2D eigenvalue weighted by Gasteiger charge is -2.13. The van der Waals surface area contributed by atoms with Crippen LogP contribution in [0.15, 0.2) is 48.5 Å². The number of aromatic carboxylic acids is 1. The third-order valence-corrected chi connectivity index (χ3v) is 4.74. The van der Waals surface area contributed by atoms with Gasteiger partial charge in [-0.05, 0) is 42.8 Å². The number of hydrogen-bond acceptors (Lipinski definition) is 5. The minimum Gasteiger partial charge on any atom is -0.496 e. The maximum atomic E-state index is 11.4. The van der Waals surface area contributed by atoms with Gasteiger partial charge in [-0.25, -0.2) is 4.79 Å². The Morgan fingerprint density at radius 2 is 1.76 bits per heavy atom. The Bertz CT molecular complexity index is 1010. The Kier molecular flexibility index (Phi) is 6.19. The first-order chi connectivity index (χ1) is 14.0. The molecule has 0 saturated carbocycles. The molecule has 0 aliphatic rings. The van der Waals surface area contributed by atoms with Gasteiger partial charge in [0.1, 0.15) is 11.5 Å². The molecule has 2 N–H and O–H groups in total. The summed E-state index contributed by atoms with van der Waals surface area (Å²) < 4.78 is 12.6. The molecule has 0 fully saturated rings. The molecule has 7 heteroatoms. The Hall–Kier alpha value is -3.32. The highest BCUT2D eigenvalue weighted by atomic mass is 16.5. The molecule has 0 bridgehead atoms. The number of benzene rings is 2. The zero-order chi connectivity index (χ0) is 21.0. The van der Waals surface area contributed by atoms with Crippen LogP contribution in [0.5, 0.6) is 11.5 Å². The van der Waals surface area contributed by atoms with Crippen molar-refractivity contribution in [3.05, 3.63) is 54.1 Å². The fraction of sp³-hybridized carbons (Fsp3) is 0.273. The number of methoxy groups -OCH3 is 2. The van der Waals surface area contributed by atoms with Crippen LogP contribution < -0.4 is 9.47 Å². The van der Waals surface area contributed by atoms with E-state index in [4.69, 9.17) is 9.47 Å². The van der Waals surface area contributed by atoms with Crippen LogP contribution in [0.2, 0.25) is 0 Å². The lowest BCUT2D eigenvalue weighted by Crippen LogP contribution is -2.16. The quantitative estimate of drug-likeness (QED) is 0.603. The van der Waals surface area contributed by atoms with E-state index in [1.807, 2.05) is 37.3 Å². The summed E-state index contributed by atoms with van der Waals surface area (Å²) in [5.41, 5.74) is 2.84. The first-order valence-corrected chi connectivity index (χ1v) is 9.29. The number of hydrogen-bond donors (Lipinski definition) is 2. The van der Waals surface area contributed by atoms with Gasteiger partial charge in [-0.3, -0.25) is 4.68 Å². The molecule has 0 amide bonds. The molecule has 7 nitrogen and oxygen atoms in total. The number of carbonyl (C=O) groups is 1. The SMILES string of the molecule is CCC(O)Cn1nc(-c2cc(C(=O)O)ccc2OC)cc1-c1ccccc1OC. The Labute approximate surface area is 169 Å². The predicted octanol–water partition coefficient (Wildman–Crippen LogP) is 3.70. The normalized spacial score (nSPS) is 11.9. The Morgan fingerprint density at radius 1 is 1.07 bits per heavy atom. The maximum Gasteiger partial charge on any atom is 0.335 e. The topological polar surface area (TPSA) is 93.8 Å². The van der Waals surface area contributed by atoms with Gasteiger partial charge in [0.25, 0.3) is 0 Å². The smallest absolute Gasteiger partial charge is 0.335 e. The van der Waals surface area contributed by atoms with E-state index < -0.39 is 12.1 Å². The molecule has 1 unspecified atom stereocenters. The standard InChI is InChI=1S/C22H24N2O5/c1-4-15(25)13-24-19(16-7-5-6-8-20(16)28-2)12-18(23-24)17-11-14(22(26)27)9-10-21(17)29-3/h5-12,15,25H,4,13H2,1-3H3,(H,26,27). The van der Waals surface area contributed by atoms with Gasteiger partial charge in [0.15, 0.2) is 0 Å². The number of aliphatic hydroxyl groups is 1. The van der Waals surface area contributed by atoms with Crippen LogP contribution in [0.1, 0.15) is 23.7 Å². The summed E-state index contributed by atoms with van der Waals surface area (Å²) in [5.74, 6) is 0.166. The van der Waals surface area contributed by atoms with Crippen LogP contribution in [0.25, 0.3) is 22.5 Å². The number of aromatic nitrogens is 2. The average molecular weight is 396 g/mol. The molecular formula is C22H24N2O5. The summed E-state index contributed by atoms with van der Waals surface area (Å²) in [4.78, 5) is 11.4. The van der Waals surface area contributed by atoms with E-state index in [1.165, 1.54) is 19.2 Å². The molecule has 0 radical (unpaired) electrons. The Morgan fingerprint density at radius 3 is 2.41 bits per heavy atom. The molecule has 3 rings (SSSR count). The molecule has 0 spiro atoms. The molecular weight excluding hydrogens is 372 g/mol. The van der Waals surface area contributed by atoms with E-state index in [1.54, 1.807) is 17.9 Å². The van der Waals surface area contributed by atoms with E-state index >= 15 is 0 Å². The van der Waals surface area contributed by atoms with Gasteiger partial charge in [0, 0.05) is 11.1 Å². The third-order valence-electron chi connectivity index (χ3n) is 4.74. The van der Waals surface area contributed by atoms with Gasteiger partial charge >= 0.3 is 5.97 Å². The van der Waals surface area contributed by atoms with Gasteiger partial charge < -0.3 is 19.7 Å². The van der Waals surface area contributed by atoms with Gasteiger partial charge in [-0.1, -0.05) is 19.1 Å². The molecule has 0 aliphatic carbocycles. The Balaban J connectivity index is 2.19. The summed E-state index contributed by atoms with van der Waals surface area (Å²) in [5, 5.41) is 24.2. The molecule has 1 atom stereocenters. The number of rotatable bonds is 8. The van der Waals surface area contributed by atoms with E-state index in [-0.39, 0.29) is 5.56 Å². The number of nitrogens with zero attached hydrogens (tertiary/aromatic N) is 2. The number of carboxylic acids is 1. The molecule has 2 aromatic carbocycles. The van der Waals surface area contributed by atoms with Crippen molar-refractivity contribution in [1.82, 2.24) is 9.78 Å². The summed E-state index contributed by atoms with van der Waals surface area (Å²) in [7, 11) is 3.12. The van der Waals surface area contributed by atoms with E-state index in [2.05, 4.69) is 5.10 Å². The first kappa shape index (κ1) is 20.4. The zero-order valence-corrected chi connectivity index (χ0v) is 16.6. The molecule has 1 heterocycles. The maximum absolute atomic E-state index is 11.4. The van der Waals surface area contributed by atoms with Crippen molar-refractivity contribution in [2.75, 3.05) is 14.2 Å². The highest BCUT2D eigenvalue weighted by molar-refractivity contribution is 5.90. The lowest BCUT2D eigenvalue weighted by atomic mass is 10.0. The summed E-state index contributed by atoms with van der Waals surface area (Å²) in [6, 6.07) is 14.0. The summed E-state index contributed by atoms with van der Waals surface area (Å²) in [6.45, 7) is 2.20. The summed E-state index contributed by atoms with van der Waals surface area (Å²) >= 11 is 0. The van der Waals surface area contributed by atoms with Crippen molar-refractivity contribution < 1.29 is 24.5 Å². The lowest BCUT2D eigenvalue weighted by molar-refractivity contribution is 0.0697. The number of aliphatic hydroxyl groups excluding tert-OH is 1.